The summed E-state index contributed by atoms with van der Waals surface area (Å²) in [7, 11) is 0. The van der Waals surface area contributed by atoms with Crippen LogP contribution in [0.25, 0.3) is 11.1 Å². The number of primary amides is 1. The molecule has 1 aromatic heterocycles. The molecule has 0 spiro atoms. The Hall–Kier alpha value is -4.13. The summed E-state index contributed by atoms with van der Waals surface area (Å²) < 4.78 is 11.2. The second-order valence-corrected chi connectivity index (χ2v) is 6.36. The van der Waals surface area contributed by atoms with Crippen LogP contribution in [-0.4, -0.2) is 16.8 Å². The standard InChI is InChI=1S/C22H17N3O4/c1-13-24-18-12-14(6-11-20(18)28-13)22(27)25-15-7-9-16(10-8-15)29-19-5-3-2-4-17(19)21(23)26/h2-12H,1H3,(H2,23,26)(H,25,27). The van der Waals surface area contributed by atoms with Crippen molar-refractivity contribution < 1.29 is 18.7 Å². The highest BCUT2D eigenvalue weighted by molar-refractivity contribution is 6.05. The van der Waals surface area contributed by atoms with E-state index in [4.69, 9.17) is 14.9 Å². The van der Waals surface area contributed by atoms with E-state index in [2.05, 4.69) is 10.3 Å². The summed E-state index contributed by atoms with van der Waals surface area (Å²) in [6, 6.07) is 18.6. The number of carbonyl (C=O) groups is 2. The average molecular weight is 387 g/mol. The van der Waals surface area contributed by atoms with Gasteiger partial charge < -0.3 is 20.2 Å². The van der Waals surface area contributed by atoms with Crippen LogP contribution >= 0.6 is 0 Å². The van der Waals surface area contributed by atoms with Crippen LogP contribution in [0.1, 0.15) is 26.6 Å². The number of rotatable bonds is 5. The van der Waals surface area contributed by atoms with Crippen molar-refractivity contribution in [3.63, 3.8) is 0 Å². The molecule has 7 heteroatoms. The summed E-state index contributed by atoms with van der Waals surface area (Å²) >= 11 is 0. The Balaban J connectivity index is 1.47. The Morgan fingerprint density at radius 2 is 1.79 bits per heavy atom. The number of aromatic nitrogens is 1. The molecule has 0 fully saturated rings. The molecule has 0 radical (unpaired) electrons. The minimum absolute atomic E-state index is 0.264. The molecule has 144 valence electrons. The number of carbonyl (C=O) groups excluding carboxylic acids is 2. The van der Waals surface area contributed by atoms with Crippen LogP contribution < -0.4 is 15.8 Å². The lowest BCUT2D eigenvalue weighted by atomic mass is 10.2. The van der Waals surface area contributed by atoms with Crippen molar-refractivity contribution in [2.75, 3.05) is 5.32 Å². The third-order valence-electron chi connectivity index (χ3n) is 4.25. The highest BCUT2D eigenvalue weighted by atomic mass is 16.5. The zero-order valence-electron chi connectivity index (χ0n) is 15.5. The van der Waals surface area contributed by atoms with Crippen LogP contribution in [0.2, 0.25) is 0 Å². The highest BCUT2D eigenvalue weighted by Gasteiger charge is 2.11. The maximum Gasteiger partial charge on any atom is 0.255 e. The molecule has 29 heavy (non-hydrogen) atoms. The third-order valence-corrected chi connectivity index (χ3v) is 4.25. The lowest BCUT2D eigenvalue weighted by molar-refractivity contribution is 0.0995. The number of ether oxygens (including phenoxy) is 1. The van der Waals surface area contributed by atoms with E-state index in [0.29, 0.717) is 45.3 Å². The van der Waals surface area contributed by atoms with Crippen molar-refractivity contribution >= 4 is 28.6 Å². The van der Waals surface area contributed by atoms with Crippen molar-refractivity contribution in [3.8, 4) is 11.5 Å². The van der Waals surface area contributed by atoms with E-state index in [9.17, 15) is 9.59 Å². The number of amides is 2. The fourth-order valence-corrected chi connectivity index (χ4v) is 2.88. The number of aryl methyl sites for hydroxylation is 1. The number of hydrogen-bond donors (Lipinski definition) is 2. The van der Waals surface area contributed by atoms with E-state index in [1.807, 2.05) is 0 Å². The van der Waals surface area contributed by atoms with Gasteiger partial charge >= 0.3 is 0 Å². The maximum absolute atomic E-state index is 12.5. The van der Waals surface area contributed by atoms with Crippen molar-refractivity contribution in [1.82, 2.24) is 4.98 Å². The SMILES string of the molecule is Cc1nc2cc(C(=O)Nc3ccc(Oc4ccccc4C(N)=O)cc3)ccc2o1. The quantitative estimate of drug-likeness (QED) is 0.531. The predicted octanol–water partition coefficient (Wildman–Crippen LogP) is 4.28. The fourth-order valence-electron chi connectivity index (χ4n) is 2.88. The zero-order valence-corrected chi connectivity index (χ0v) is 15.5. The van der Waals surface area contributed by atoms with Crippen molar-refractivity contribution in [1.29, 1.82) is 0 Å². The minimum atomic E-state index is -0.566. The van der Waals surface area contributed by atoms with Crippen LogP contribution in [0.15, 0.2) is 71.1 Å². The monoisotopic (exact) mass is 387 g/mol. The van der Waals surface area contributed by atoms with E-state index in [1.165, 1.54) is 0 Å². The number of nitrogens with two attached hydrogens (primary N) is 1. The summed E-state index contributed by atoms with van der Waals surface area (Å²) in [6.45, 7) is 1.76. The largest absolute Gasteiger partial charge is 0.457 e. The Morgan fingerprint density at radius 1 is 1.03 bits per heavy atom. The van der Waals surface area contributed by atoms with Crippen LogP contribution in [-0.2, 0) is 0 Å². The Kier molecular flexibility index (Phi) is 4.70. The van der Waals surface area contributed by atoms with Gasteiger partial charge in [-0.25, -0.2) is 4.98 Å². The van der Waals surface area contributed by atoms with Gasteiger partial charge in [0.2, 0.25) is 0 Å². The summed E-state index contributed by atoms with van der Waals surface area (Å²) in [4.78, 5) is 28.2. The first-order valence-electron chi connectivity index (χ1n) is 8.85. The van der Waals surface area contributed by atoms with Gasteiger partial charge in [0.05, 0.1) is 5.56 Å². The molecule has 0 aliphatic rings. The number of para-hydroxylation sites is 1. The summed E-state index contributed by atoms with van der Waals surface area (Å²) in [5.74, 6) is 0.597. The first-order valence-corrected chi connectivity index (χ1v) is 8.85. The van der Waals surface area contributed by atoms with Crippen LogP contribution in [0.3, 0.4) is 0 Å². The van der Waals surface area contributed by atoms with E-state index in [-0.39, 0.29) is 5.91 Å². The minimum Gasteiger partial charge on any atom is -0.457 e. The average Bonchev–Trinajstić information content (AvgIpc) is 3.09. The van der Waals surface area contributed by atoms with Crippen LogP contribution in [0.5, 0.6) is 11.5 Å². The Labute approximate surface area is 166 Å². The molecule has 3 N–H and O–H groups in total. The lowest BCUT2D eigenvalue weighted by Gasteiger charge is -2.10. The molecule has 2 amide bonds. The normalized spacial score (nSPS) is 10.7. The molecule has 0 saturated heterocycles. The predicted molar refractivity (Wildman–Crippen MR) is 108 cm³/mol. The smallest absolute Gasteiger partial charge is 0.255 e. The highest BCUT2D eigenvalue weighted by Crippen LogP contribution is 2.26. The van der Waals surface area contributed by atoms with Gasteiger partial charge in [-0.05, 0) is 54.6 Å². The summed E-state index contributed by atoms with van der Waals surface area (Å²) in [6.07, 6.45) is 0. The maximum atomic E-state index is 12.5. The van der Waals surface area contributed by atoms with Crippen molar-refractivity contribution in [2.24, 2.45) is 5.73 Å². The summed E-state index contributed by atoms with van der Waals surface area (Å²) in [5, 5.41) is 2.82. The molecular weight excluding hydrogens is 370 g/mol. The van der Waals surface area contributed by atoms with E-state index >= 15 is 0 Å². The summed E-state index contributed by atoms with van der Waals surface area (Å²) in [5.41, 5.74) is 8.00. The van der Waals surface area contributed by atoms with Gasteiger partial charge in [0, 0.05) is 18.2 Å². The molecule has 1 heterocycles. The topological polar surface area (TPSA) is 107 Å². The van der Waals surface area contributed by atoms with Gasteiger partial charge in [-0.1, -0.05) is 12.1 Å². The number of nitrogens with zero attached hydrogens (tertiary/aromatic N) is 1. The first kappa shape index (κ1) is 18.2. The van der Waals surface area contributed by atoms with Gasteiger partial charge in [0.25, 0.3) is 11.8 Å². The molecule has 0 unspecified atom stereocenters. The van der Waals surface area contributed by atoms with Gasteiger partial charge in [0.1, 0.15) is 17.0 Å². The molecule has 3 aromatic carbocycles. The van der Waals surface area contributed by atoms with E-state index in [0.717, 1.165) is 0 Å². The number of anilines is 1. The Morgan fingerprint density at radius 3 is 2.55 bits per heavy atom. The molecule has 0 bridgehead atoms. The fraction of sp³-hybridized carbons (Fsp3) is 0.0455. The second kappa shape index (κ2) is 7.47. The lowest BCUT2D eigenvalue weighted by Crippen LogP contribution is -2.12. The first-order chi connectivity index (χ1) is 14.0. The number of fused-ring (bicyclic) bond motifs is 1. The van der Waals surface area contributed by atoms with E-state index < -0.39 is 5.91 Å². The molecule has 0 aliphatic heterocycles. The number of benzene rings is 3. The van der Waals surface area contributed by atoms with Gasteiger partial charge in [-0.15, -0.1) is 0 Å². The molecular formula is C22H17N3O4. The van der Waals surface area contributed by atoms with Gasteiger partial charge in [0.15, 0.2) is 11.5 Å². The molecule has 0 aliphatic carbocycles. The third kappa shape index (κ3) is 3.93. The molecule has 0 saturated carbocycles. The van der Waals surface area contributed by atoms with Crippen LogP contribution in [0, 0.1) is 6.92 Å². The zero-order chi connectivity index (χ0) is 20.4. The van der Waals surface area contributed by atoms with E-state index in [1.54, 1.807) is 73.7 Å². The number of hydrogen-bond acceptors (Lipinski definition) is 5. The van der Waals surface area contributed by atoms with Crippen LogP contribution in [0.4, 0.5) is 5.69 Å². The number of nitrogens with one attached hydrogen (secondary N) is 1. The Bertz CT molecular complexity index is 1210. The molecule has 4 aromatic rings. The molecule has 7 nitrogen and oxygen atoms in total. The number of oxazole rings is 1. The second-order valence-electron chi connectivity index (χ2n) is 6.36. The molecule has 4 rings (SSSR count). The van der Waals surface area contributed by atoms with Crippen molar-refractivity contribution in [2.45, 2.75) is 6.92 Å². The molecule has 0 atom stereocenters. The van der Waals surface area contributed by atoms with Gasteiger partial charge in [-0.2, -0.15) is 0 Å². The van der Waals surface area contributed by atoms with Crippen molar-refractivity contribution in [3.05, 3.63) is 83.7 Å². The van der Waals surface area contributed by atoms with Gasteiger partial charge in [-0.3, -0.25) is 9.59 Å².